The highest BCUT2D eigenvalue weighted by Crippen LogP contribution is 2.42. The van der Waals surface area contributed by atoms with Crippen LogP contribution in [0.5, 0.6) is 0 Å². The maximum absolute atomic E-state index is 6.96. The van der Waals surface area contributed by atoms with Crippen LogP contribution in [-0.2, 0) is 4.74 Å². The number of nitrogens with zero attached hydrogens (tertiary/aromatic N) is 2. The largest absolute Gasteiger partial charge is 0.374 e. The van der Waals surface area contributed by atoms with Crippen molar-refractivity contribution in [2.45, 2.75) is 86.4 Å². The maximum atomic E-state index is 6.96. The van der Waals surface area contributed by atoms with Gasteiger partial charge in [-0.1, -0.05) is 48.5 Å². The standard InChI is InChI=1S/C23H46N2O/c1-18-14-21(2,3)16-24(8)12-10-19(18)26-20-11-13-25(9)17-22(4,5)15-23(20,6)7/h18-20H,10-17H2,1-9H3. The normalized spacial score (nSPS) is 36.6. The molecule has 0 aromatic rings. The van der Waals surface area contributed by atoms with Crippen molar-refractivity contribution in [3.63, 3.8) is 0 Å². The predicted molar refractivity (Wildman–Crippen MR) is 113 cm³/mol. The van der Waals surface area contributed by atoms with Crippen molar-refractivity contribution in [2.24, 2.45) is 22.2 Å². The molecule has 26 heavy (non-hydrogen) atoms. The van der Waals surface area contributed by atoms with Gasteiger partial charge in [0.2, 0.25) is 0 Å². The first-order valence-electron chi connectivity index (χ1n) is 10.8. The summed E-state index contributed by atoms with van der Waals surface area (Å²) < 4.78 is 6.96. The minimum atomic E-state index is 0.230. The van der Waals surface area contributed by atoms with E-state index < -0.39 is 0 Å². The summed E-state index contributed by atoms with van der Waals surface area (Å²) in [6.45, 7) is 21.6. The Kier molecular flexibility index (Phi) is 6.90. The van der Waals surface area contributed by atoms with E-state index in [1.54, 1.807) is 0 Å². The van der Waals surface area contributed by atoms with Crippen LogP contribution < -0.4 is 0 Å². The van der Waals surface area contributed by atoms with E-state index in [0.29, 0.717) is 29.0 Å². The first-order valence-corrected chi connectivity index (χ1v) is 10.8. The molecule has 3 nitrogen and oxygen atoms in total. The van der Waals surface area contributed by atoms with Gasteiger partial charge in [-0.05, 0) is 61.9 Å². The van der Waals surface area contributed by atoms with Gasteiger partial charge in [0.15, 0.2) is 0 Å². The lowest BCUT2D eigenvalue weighted by Gasteiger charge is -2.47. The van der Waals surface area contributed by atoms with Crippen molar-refractivity contribution in [3.8, 4) is 0 Å². The van der Waals surface area contributed by atoms with Gasteiger partial charge in [0.05, 0.1) is 12.2 Å². The van der Waals surface area contributed by atoms with Crippen molar-refractivity contribution in [1.29, 1.82) is 0 Å². The zero-order chi connectivity index (χ0) is 19.8. The molecule has 0 aliphatic carbocycles. The van der Waals surface area contributed by atoms with Crippen LogP contribution in [0.1, 0.15) is 74.1 Å². The van der Waals surface area contributed by atoms with E-state index in [9.17, 15) is 0 Å². The summed E-state index contributed by atoms with van der Waals surface area (Å²) in [6, 6.07) is 0. The fourth-order valence-corrected chi connectivity index (χ4v) is 6.12. The molecule has 0 saturated carbocycles. The number of hydrogen-bond acceptors (Lipinski definition) is 3. The number of rotatable bonds is 2. The van der Waals surface area contributed by atoms with Gasteiger partial charge in [-0.2, -0.15) is 0 Å². The smallest absolute Gasteiger partial charge is 0.0642 e. The van der Waals surface area contributed by atoms with E-state index in [4.69, 9.17) is 4.74 Å². The van der Waals surface area contributed by atoms with Crippen molar-refractivity contribution in [1.82, 2.24) is 9.80 Å². The third-order valence-electron chi connectivity index (χ3n) is 6.62. The summed E-state index contributed by atoms with van der Waals surface area (Å²) in [5.74, 6) is 0.630. The molecule has 2 rings (SSSR count). The molecule has 0 amide bonds. The molecule has 0 N–H and O–H groups in total. The molecular weight excluding hydrogens is 320 g/mol. The Morgan fingerprint density at radius 3 is 1.96 bits per heavy atom. The highest BCUT2D eigenvalue weighted by Gasteiger charge is 2.41. The second-order valence-electron chi connectivity index (χ2n) is 11.9. The Morgan fingerprint density at radius 1 is 0.808 bits per heavy atom. The highest BCUT2D eigenvalue weighted by molar-refractivity contribution is 4.91. The molecule has 3 atom stereocenters. The average molecular weight is 367 g/mol. The fraction of sp³-hybridized carbons (Fsp3) is 1.00. The van der Waals surface area contributed by atoms with Gasteiger partial charge < -0.3 is 14.5 Å². The van der Waals surface area contributed by atoms with Gasteiger partial charge >= 0.3 is 0 Å². The van der Waals surface area contributed by atoms with Crippen molar-refractivity contribution < 1.29 is 4.74 Å². The molecule has 2 saturated heterocycles. The zero-order valence-corrected chi connectivity index (χ0v) is 19.2. The lowest BCUT2D eigenvalue weighted by atomic mass is 9.69. The topological polar surface area (TPSA) is 15.7 Å². The third-order valence-corrected chi connectivity index (χ3v) is 6.62. The van der Waals surface area contributed by atoms with E-state index in [1.807, 2.05) is 0 Å². The Balaban J connectivity index is 2.14. The SMILES string of the molecule is CC1CC(C)(C)CN(C)CCC1OC1CCN(C)CC(C)(C)CC1(C)C. The van der Waals surface area contributed by atoms with Gasteiger partial charge in [0.25, 0.3) is 0 Å². The number of likely N-dealkylation sites (tertiary alicyclic amines) is 2. The number of hydrogen-bond donors (Lipinski definition) is 0. The van der Waals surface area contributed by atoms with Gasteiger partial charge in [-0.15, -0.1) is 0 Å². The molecule has 3 heteroatoms. The van der Waals surface area contributed by atoms with Crippen LogP contribution >= 0.6 is 0 Å². The lowest BCUT2D eigenvalue weighted by molar-refractivity contribution is -0.126. The zero-order valence-electron chi connectivity index (χ0n) is 19.2. The quantitative estimate of drug-likeness (QED) is 0.691. The van der Waals surface area contributed by atoms with E-state index in [-0.39, 0.29) is 5.41 Å². The summed E-state index contributed by atoms with van der Waals surface area (Å²) in [4.78, 5) is 5.01. The first kappa shape index (κ1) is 22.2. The van der Waals surface area contributed by atoms with Crippen LogP contribution in [0, 0.1) is 22.2 Å². The number of ether oxygens (including phenoxy) is 1. The van der Waals surface area contributed by atoms with Crippen molar-refractivity contribution >= 4 is 0 Å². The monoisotopic (exact) mass is 366 g/mol. The summed E-state index contributed by atoms with van der Waals surface area (Å²) in [5, 5.41) is 0. The van der Waals surface area contributed by atoms with Gasteiger partial charge in [0.1, 0.15) is 0 Å². The molecule has 2 fully saturated rings. The van der Waals surface area contributed by atoms with Crippen LogP contribution in [0.25, 0.3) is 0 Å². The van der Waals surface area contributed by atoms with Crippen molar-refractivity contribution in [3.05, 3.63) is 0 Å². The molecule has 0 aromatic carbocycles. The minimum absolute atomic E-state index is 0.230. The van der Waals surface area contributed by atoms with Crippen LogP contribution in [0.15, 0.2) is 0 Å². The Labute approximate surface area is 163 Å². The van der Waals surface area contributed by atoms with Gasteiger partial charge in [-0.25, -0.2) is 0 Å². The second-order valence-corrected chi connectivity index (χ2v) is 11.9. The summed E-state index contributed by atoms with van der Waals surface area (Å²) in [7, 11) is 4.54. The van der Waals surface area contributed by atoms with E-state index in [0.717, 1.165) is 19.5 Å². The molecule has 2 aliphatic rings. The Bertz CT molecular complexity index is 457. The summed E-state index contributed by atoms with van der Waals surface area (Å²) >= 11 is 0. The maximum Gasteiger partial charge on any atom is 0.0642 e. The van der Waals surface area contributed by atoms with E-state index in [2.05, 4.69) is 72.4 Å². The van der Waals surface area contributed by atoms with Crippen LogP contribution in [-0.4, -0.2) is 62.3 Å². The molecule has 2 aliphatic heterocycles. The molecule has 0 radical (unpaired) electrons. The molecule has 3 unspecified atom stereocenters. The first-order chi connectivity index (χ1) is 11.8. The van der Waals surface area contributed by atoms with Crippen LogP contribution in [0.4, 0.5) is 0 Å². The minimum Gasteiger partial charge on any atom is -0.374 e. The molecular formula is C23H46N2O. The molecule has 2 heterocycles. The van der Waals surface area contributed by atoms with E-state index in [1.165, 1.54) is 32.4 Å². The van der Waals surface area contributed by atoms with E-state index >= 15 is 0 Å². The predicted octanol–water partition coefficient (Wildman–Crippen LogP) is 4.91. The lowest BCUT2D eigenvalue weighted by Crippen LogP contribution is -2.48. The Hall–Kier alpha value is -0.120. The van der Waals surface area contributed by atoms with Crippen molar-refractivity contribution in [2.75, 3.05) is 40.3 Å². The fourth-order valence-electron chi connectivity index (χ4n) is 6.12. The summed E-state index contributed by atoms with van der Waals surface area (Å²) in [5.41, 5.74) is 0.943. The molecule has 0 bridgehead atoms. The van der Waals surface area contributed by atoms with Gasteiger partial charge in [-0.3, -0.25) is 0 Å². The molecule has 154 valence electrons. The average Bonchev–Trinajstić information content (AvgIpc) is 2.40. The summed E-state index contributed by atoms with van der Waals surface area (Å²) in [6.07, 6.45) is 5.53. The van der Waals surface area contributed by atoms with Gasteiger partial charge in [0, 0.05) is 26.2 Å². The molecule has 0 aromatic heterocycles. The Morgan fingerprint density at radius 2 is 1.35 bits per heavy atom. The van der Waals surface area contributed by atoms with Crippen LogP contribution in [0.2, 0.25) is 0 Å². The highest BCUT2D eigenvalue weighted by atomic mass is 16.5. The molecule has 0 spiro atoms. The van der Waals surface area contributed by atoms with Crippen LogP contribution in [0.3, 0.4) is 0 Å². The second kappa shape index (κ2) is 8.09. The third kappa shape index (κ3) is 6.21.